The van der Waals surface area contributed by atoms with Gasteiger partial charge in [0.05, 0.1) is 35.9 Å². The molecule has 3 heterocycles. The van der Waals surface area contributed by atoms with Crippen molar-refractivity contribution in [3.05, 3.63) is 76.5 Å². The predicted molar refractivity (Wildman–Crippen MR) is 149 cm³/mol. The highest BCUT2D eigenvalue weighted by atomic mass is 35.5. The number of likely N-dealkylation sites (tertiary alicyclic amines) is 1. The molecular formula is C26H34Cl2N4O2S. The molecule has 0 radical (unpaired) electrons. The van der Waals surface area contributed by atoms with Crippen LogP contribution < -0.4 is 4.74 Å². The van der Waals surface area contributed by atoms with E-state index in [9.17, 15) is 0 Å². The molecule has 1 saturated heterocycles. The van der Waals surface area contributed by atoms with Gasteiger partial charge < -0.3 is 19.7 Å². The summed E-state index contributed by atoms with van der Waals surface area (Å²) in [4.78, 5) is 12.1. The van der Waals surface area contributed by atoms with Crippen LogP contribution in [0.25, 0.3) is 11.0 Å². The molecule has 0 saturated carbocycles. The Balaban J connectivity index is 0.00000144. The van der Waals surface area contributed by atoms with Gasteiger partial charge in [0.15, 0.2) is 0 Å². The number of nitrogens with zero attached hydrogens (tertiary/aromatic N) is 4. The SMILES string of the molecule is COc1ccc(CCN2CCC(Cc3nc4ccccc4n3Cc3cscn3)CC2)cc1.Cl.Cl.O. The van der Waals surface area contributed by atoms with E-state index < -0.39 is 0 Å². The molecule has 0 unspecified atom stereocenters. The monoisotopic (exact) mass is 536 g/mol. The molecule has 35 heavy (non-hydrogen) atoms. The highest BCUT2D eigenvalue weighted by molar-refractivity contribution is 7.07. The van der Waals surface area contributed by atoms with Gasteiger partial charge in [0.2, 0.25) is 0 Å². The van der Waals surface area contributed by atoms with Crippen LogP contribution in [0.3, 0.4) is 0 Å². The number of ether oxygens (including phenoxy) is 1. The number of imidazole rings is 1. The maximum Gasteiger partial charge on any atom is 0.118 e. The summed E-state index contributed by atoms with van der Waals surface area (Å²) < 4.78 is 7.64. The maximum atomic E-state index is 5.26. The van der Waals surface area contributed by atoms with E-state index in [1.165, 1.54) is 42.8 Å². The second-order valence-electron chi connectivity index (χ2n) is 8.67. The summed E-state index contributed by atoms with van der Waals surface area (Å²) in [5.74, 6) is 2.82. The molecule has 0 atom stereocenters. The third-order valence-corrected chi connectivity index (χ3v) is 7.23. The Morgan fingerprint density at radius 3 is 2.46 bits per heavy atom. The third kappa shape index (κ3) is 7.18. The number of aromatic nitrogens is 3. The lowest BCUT2D eigenvalue weighted by Gasteiger charge is -2.32. The third-order valence-electron chi connectivity index (χ3n) is 6.59. The fourth-order valence-electron chi connectivity index (χ4n) is 4.69. The molecule has 1 aliphatic rings. The van der Waals surface area contributed by atoms with Gasteiger partial charge in [-0.25, -0.2) is 9.97 Å². The molecule has 0 amide bonds. The molecule has 4 aromatic rings. The number of rotatable bonds is 8. The topological polar surface area (TPSA) is 74.7 Å². The van der Waals surface area contributed by atoms with Crippen LogP contribution >= 0.6 is 36.2 Å². The van der Waals surface area contributed by atoms with E-state index in [2.05, 4.69) is 68.4 Å². The molecule has 6 nitrogen and oxygen atoms in total. The van der Waals surface area contributed by atoms with E-state index in [1.807, 2.05) is 5.51 Å². The minimum Gasteiger partial charge on any atom is -0.497 e. The zero-order valence-electron chi connectivity index (χ0n) is 19.9. The summed E-state index contributed by atoms with van der Waals surface area (Å²) in [7, 11) is 1.72. The average Bonchev–Trinajstić information content (AvgIpc) is 3.47. The molecular weight excluding hydrogens is 503 g/mol. The highest BCUT2D eigenvalue weighted by Gasteiger charge is 2.22. The summed E-state index contributed by atoms with van der Waals surface area (Å²) in [6.45, 7) is 4.28. The number of thiazole rings is 1. The lowest BCUT2D eigenvalue weighted by Crippen LogP contribution is -2.36. The van der Waals surface area contributed by atoms with Crippen molar-refractivity contribution < 1.29 is 10.2 Å². The van der Waals surface area contributed by atoms with E-state index >= 15 is 0 Å². The first kappa shape index (κ1) is 29.1. The van der Waals surface area contributed by atoms with Crippen LogP contribution in [0, 0.1) is 5.92 Å². The van der Waals surface area contributed by atoms with Crippen LogP contribution in [0.4, 0.5) is 0 Å². The Kier molecular flexibility index (Phi) is 11.5. The molecule has 0 spiro atoms. The summed E-state index contributed by atoms with van der Waals surface area (Å²) >= 11 is 1.66. The van der Waals surface area contributed by atoms with E-state index in [4.69, 9.17) is 9.72 Å². The molecule has 0 bridgehead atoms. The van der Waals surface area contributed by atoms with Gasteiger partial charge in [0.1, 0.15) is 11.6 Å². The molecule has 190 valence electrons. The Morgan fingerprint density at radius 2 is 1.77 bits per heavy atom. The fraction of sp³-hybridized carbons (Fsp3) is 0.385. The zero-order valence-corrected chi connectivity index (χ0v) is 22.4. The number of para-hydroxylation sites is 2. The molecule has 2 N–H and O–H groups in total. The Bertz CT molecular complexity index is 1140. The normalized spacial score (nSPS) is 14.1. The van der Waals surface area contributed by atoms with Gasteiger partial charge in [-0.05, 0) is 68.1 Å². The van der Waals surface area contributed by atoms with Gasteiger partial charge in [-0.1, -0.05) is 24.3 Å². The van der Waals surface area contributed by atoms with E-state index in [0.29, 0.717) is 5.92 Å². The summed E-state index contributed by atoms with van der Waals surface area (Å²) in [6.07, 6.45) is 4.62. The Morgan fingerprint density at radius 1 is 1.03 bits per heavy atom. The number of hydrogen-bond acceptors (Lipinski definition) is 5. The molecule has 1 fully saturated rings. The van der Waals surface area contributed by atoms with Gasteiger partial charge in [-0.2, -0.15) is 0 Å². The van der Waals surface area contributed by atoms with Crippen LogP contribution in [0.1, 0.15) is 29.9 Å². The van der Waals surface area contributed by atoms with Crippen LogP contribution in [0.2, 0.25) is 0 Å². The quantitative estimate of drug-likeness (QED) is 0.315. The molecule has 2 aromatic heterocycles. The van der Waals surface area contributed by atoms with Gasteiger partial charge in [-0.15, -0.1) is 36.2 Å². The molecule has 2 aromatic carbocycles. The smallest absolute Gasteiger partial charge is 0.118 e. The van der Waals surface area contributed by atoms with Gasteiger partial charge >= 0.3 is 0 Å². The van der Waals surface area contributed by atoms with Gasteiger partial charge in [0.25, 0.3) is 0 Å². The number of halogens is 2. The van der Waals surface area contributed by atoms with Crippen molar-refractivity contribution in [3.63, 3.8) is 0 Å². The predicted octanol–water partition coefficient (Wildman–Crippen LogP) is 5.07. The van der Waals surface area contributed by atoms with E-state index in [1.54, 1.807) is 18.4 Å². The minimum atomic E-state index is 0. The first-order chi connectivity index (χ1) is 15.8. The molecule has 9 heteroatoms. The van der Waals surface area contributed by atoms with Gasteiger partial charge in [0, 0.05) is 18.3 Å². The van der Waals surface area contributed by atoms with Gasteiger partial charge in [-0.3, -0.25) is 0 Å². The summed E-state index contributed by atoms with van der Waals surface area (Å²) in [6, 6.07) is 17.0. The Labute approximate surface area is 223 Å². The average molecular weight is 538 g/mol. The first-order valence-corrected chi connectivity index (χ1v) is 12.4. The van der Waals surface area contributed by atoms with Crippen molar-refractivity contribution in [1.29, 1.82) is 0 Å². The van der Waals surface area contributed by atoms with Crippen LogP contribution in [0.5, 0.6) is 5.75 Å². The lowest BCUT2D eigenvalue weighted by molar-refractivity contribution is 0.184. The Hall–Kier alpha value is -2.16. The van der Waals surface area contributed by atoms with Crippen LogP contribution in [-0.4, -0.2) is 51.7 Å². The summed E-state index contributed by atoms with van der Waals surface area (Å²) in [5.41, 5.74) is 6.72. The highest BCUT2D eigenvalue weighted by Crippen LogP contribution is 2.25. The number of fused-ring (bicyclic) bond motifs is 1. The van der Waals surface area contributed by atoms with Crippen molar-refractivity contribution in [2.24, 2.45) is 5.92 Å². The molecule has 5 rings (SSSR count). The largest absolute Gasteiger partial charge is 0.497 e. The number of methoxy groups -OCH3 is 1. The minimum absolute atomic E-state index is 0. The number of benzene rings is 2. The van der Waals surface area contributed by atoms with Crippen molar-refractivity contribution in [2.75, 3.05) is 26.7 Å². The van der Waals surface area contributed by atoms with E-state index in [-0.39, 0.29) is 30.3 Å². The maximum absolute atomic E-state index is 5.26. The number of hydrogen-bond donors (Lipinski definition) is 0. The fourth-order valence-corrected chi connectivity index (χ4v) is 5.24. The van der Waals surface area contributed by atoms with E-state index in [0.717, 1.165) is 42.9 Å². The molecule has 1 aliphatic heterocycles. The second kappa shape index (κ2) is 13.8. The molecule has 0 aliphatic carbocycles. The summed E-state index contributed by atoms with van der Waals surface area (Å²) in [5, 5.41) is 2.14. The second-order valence-corrected chi connectivity index (χ2v) is 9.39. The van der Waals surface area contributed by atoms with Crippen molar-refractivity contribution in [1.82, 2.24) is 19.4 Å². The number of piperidine rings is 1. The van der Waals surface area contributed by atoms with Crippen LogP contribution in [-0.2, 0) is 19.4 Å². The lowest BCUT2D eigenvalue weighted by atomic mass is 9.93. The zero-order chi connectivity index (χ0) is 21.8. The van der Waals surface area contributed by atoms with Crippen LogP contribution in [0.15, 0.2) is 59.4 Å². The van der Waals surface area contributed by atoms with Crippen molar-refractivity contribution >= 4 is 47.2 Å². The first-order valence-electron chi connectivity index (χ1n) is 11.4. The standard InChI is InChI=1S/C26H30N4OS.2ClH.H2O/c1-31-23-8-6-20(7-9-23)10-13-29-14-11-21(12-15-29)16-26-28-24-4-2-3-5-25(24)30(26)17-22-18-32-19-27-22;;;/h2-9,18-19,21H,10-17H2,1H3;2*1H;1H2. The van der Waals surface area contributed by atoms with Crippen molar-refractivity contribution in [3.8, 4) is 5.75 Å². The van der Waals surface area contributed by atoms with Crippen molar-refractivity contribution in [2.45, 2.75) is 32.2 Å².